The van der Waals surface area contributed by atoms with Gasteiger partial charge in [0.1, 0.15) is 16.9 Å². The summed E-state index contributed by atoms with van der Waals surface area (Å²) in [5, 5.41) is 3.15. The van der Waals surface area contributed by atoms with Crippen LogP contribution in [-0.4, -0.2) is 27.9 Å². The van der Waals surface area contributed by atoms with Gasteiger partial charge in [-0.3, -0.25) is 9.59 Å². The molecule has 7 heteroatoms. The Kier molecular flexibility index (Phi) is 6.47. The van der Waals surface area contributed by atoms with Crippen LogP contribution in [0.5, 0.6) is 0 Å². The summed E-state index contributed by atoms with van der Waals surface area (Å²) in [5.74, 6) is -0.303. The number of aromatic nitrogens is 1. The molecule has 0 fully saturated rings. The minimum Gasteiger partial charge on any atom is -0.457 e. The molecule has 0 saturated heterocycles. The first-order valence-corrected chi connectivity index (χ1v) is 10.4. The summed E-state index contributed by atoms with van der Waals surface area (Å²) in [6.45, 7) is 3.88. The number of para-hydroxylation sites is 1. The summed E-state index contributed by atoms with van der Waals surface area (Å²) in [4.78, 5) is 28.6. The van der Waals surface area contributed by atoms with Crippen LogP contribution in [-0.2, 0) is 20.9 Å². The van der Waals surface area contributed by atoms with E-state index >= 15 is 0 Å². The number of anilines is 1. The van der Waals surface area contributed by atoms with E-state index in [2.05, 4.69) is 10.3 Å². The van der Waals surface area contributed by atoms with Crippen molar-refractivity contribution in [2.75, 3.05) is 11.1 Å². The summed E-state index contributed by atoms with van der Waals surface area (Å²) in [6.07, 6.45) is 0. The molecule has 0 bridgehead atoms. The van der Waals surface area contributed by atoms with Crippen LogP contribution in [0, 0.1) is 6.92 Å². The minimum absolute atomic E-state index is 0.144. The first-order valence-electron chi connectivity index (χ1n) is 8.50. The number of hydrogen-bond acceptors (Lipinski definition) is 6. The number of hydrogen-bond donors (Lipinski definition) is 1. The first kappa shape index (κ1) is 19.4. The molecule has 3 rings (SSSR count). The summed E-state index contributed by atoms with van der Waals surface area (Å²) in [7, 11) is 0. The number of fused-ring (bicyclic) bond motifs is 1. The van der Waals surface area contributed by atoms with Crippen LogP contribution in [0.25, 0.3) is 10.2 Å². The van der Waals surface area contributed by atoms with Crippen molar-refractivity contribution in [3.8, 4) is 0 Å². The number of nitrogens with zero attached hydrogens (tertiary/aromatic N) is 1. The lowest BCUT2D eigenvalue weighted by atomic mass is 10.2. The van der Waals surface area contributed by atoms with Crippen LogP contribution in [0.15, 0.2) is 48.5 Å². The molecule has 1 amide bonds. The second kappa shape index (κ2) is 9.01. The van der Waals surface area contributed by atoms with E-state index < -0.39 is 5.25 Å². The normalized spacial score (nSPS) is 11.9. The van der Waals surface area contributed by atoms with Crippen molar-refractivity contribution >= 4 is 50.9 Å². The van der Waals surface area contributed by atoms with Gasteiger partial charge in [0.05, 0.1) is 16.0 Å². The molecule has 5 nitrogen and oxygen atoms in total. The topological polar surface area (TPSA) is 68.3 Å². The fourth-order valence-electron chi connectivity index (χ4n) is 2.33. The molecule has 0 spiro atoms. The van der Waals surface area contributed by atoms with Gasteiger partial charge in [0.2, 0.25) is 5.91 Å². The third kappa shape index (κ3) is 5.55. The van der Waals surface area contributed by atoms with Gasteiger partial charge in [-0.25, -0.2) is 4.98 Å². The number of nitrogens with one attached hydrogen (secondary N) is 1. The fourth-order valence-corrected chi connectivity index (χ4v) is 3.89. The zero-order chi connectivity index (χ0) is 19.2. The Hall–Kier alpha value is -2.38. The second-order valence-electron chi connectivity index (χ2n) is 6.05. The molecule has 0 radical (unpaired) electrons. The standard InChI is InChI=1S/C20H20N2O3S2/c1-13-7-9-15(10-8-13)21-18(23)12-26-14(2)20(24)25-11-19-22-16-5-3-4-6-17(16)27-19/h3-10,14H,11-12H2,1-2H3,(H,21,23)/t14-/m1/s1. The largest absolute Gasteiger partial charge is 0.457 e. The predicted octanol–water partition coefficient (Wildman–Crippen LogP) is 4.41. The molecule has 0 aliphatic rings. The van der Waals surface area contributed by atoms with Crippen LogP contribution in [0.2, 0.25) is 0 Å². The lowest BCUT2D eigenvalue weighted by Gasteiger charge is -2.11. The molecule has 0 unspecified atom stereocenters. The van der Waals surface area contributed by atoms with Crippen LogP contribution in [0.1, 0.15) is 17.5 Å². The lowest BCUT2D eigenvalue weighted by Crippen LogP contribution is -2.21. The first-order chi connectivity index (χ1) is 13.0. The van der Waals surface area contributed by atoms with Gasteiger partial charge in [-0.15, -0.1) is 23.1 Å². The quantitative estimate of drug-likeness (QED) is 0.595. The second-order valence-corrected chi connectivity index (χ2v) is 8.49. The van der Waals surface area contributed by atoms with E-state index in [0.29, 0.717) is 0 Å². The molecular formula is C20H20N2O3S2. The molecule has 140 valence electrons. The maximum Gasteiger partial charge on any atom is 0.319 e. The molecule has 0 saturated carbocycles. The van der Waals surface area contributed by atoms with Crippen LogP contribution >= 0.6 is 23.1 Å². The van der Waals surface area contributed by atoms with Crippen molar-refractivity contribution in [2.45, 2.75) is 25.7 Å². The Bertz CT molecular complexity index is 905. The molecule has 2 aromatic carbocycles. The molecular weight excluding hydrogens is 380 g/mol. The van der Waals surface area contributed by atoms with Gasteiger partial charge in [0.15, 0.2) is 0 Å². The molecule has 3 aromatic rings. The number of thioether (sulfide) groups is 1. The van der Waals surface area contributed by atoms with Gasteiger partial charge in [0.25, 0.3) is 0 Å². The monoisotopic (exact) mass is 400 g/mol. The SMILES string of the molecule is Cc1ccc(NC(=O)CS[C@H](C)C(=O)OCc2nc3ccccc3s2)cc1. The number of benzene rings is 2. The van der Waals surface area contributed by atoms with E-state index in [1.165, 1.54) is 23.1 Å². The van der Waals surface area contributed by atoms with E-state index in [9.17, 15) is 9.59 Å². The average Bonchev–Trinajstić information content (AvgIpc) is 3.09. The van der Waals surface area contributed by atoms with E-state index in [1.807, 2.05) is 55.5 Å². The molecule has 1 aromatic heterocycles. The third-order valence-corrected chi connectivity index (χ3v) is 5.94. The van der Waals surface area contributed by atoms with Gasteiger partial charge in [-0.05, 0) is 38.1 Å². The highest BCUT2D eigenvalue weighted by molar-refractivity contribution is 8.01. The number of rotatable bonds is 7. The van der Waals surface area contributed by atoms with Gasteiger partial charge in [-0.2, -0.15) is 0 Å². The Labute approximate surface area is 166 Å². The Morgan fingerprint density at radius 2 is 1.93 bits per heavy atom. The number of ether oxygens (including phenoxy) is 1. The van der Waals surface area contributed by atoms with Crippen molar-refractivity contribution in [3.63, 3.8) is 0 Å². The zero-order valence-corrected chi connectivity index (χ0v) is 16.7. The number of carbonyl (C=O) groups is 2. The van der Waals surface area contributed by atoms with Gasteiger partial charge in [0, 0.05) is 5.69 Å². The molecule has 1 heterocycles. The maximum atomic E-state index is 12.1. The van der Waals surface area contributed by atoms with E-state index in [4.69, 9.17) is 4.74 Å². The highest BCUT2D eigenvalue weighted by atomic mass is 32.2. The minimum atomic E-state index is -0.428. The highest BCUT2D eigenvalue weighted by Gasteiger charge is 2.17. The Morgan fingerprint density at radius 1 is 1.19 bits per heavy atom. The molecule has 0 aliphatic carbocycles. The van der Waals surface area contributed by atoms with Gasteiger partial charge < -0.3 is 10.1 Å². The predicted molar refractivity (Wildman–Crippen MR) is 111 cm³/mol. The van der Waals surface area contributed by atoms with Crippen molar-refractivity contribution in [1.29, 1.82) is 0 Å². The summed E-state index contributed by atoms with van der Waals surface area (Å²) >= 11 is 2.76. The number of thiazole rings is 1. The van der Waals surface area contributed by atoms with Crippen molar-refractivity contribution in [3.05, 3.63) is 59.1 Å². The highest BCUT2D eigenvalue weighted by Crippen LogP contribution is 2.22. The summed E-state index contributed by atoms with van der Waals surface area (Å²) in [5.41, 5.74) is 2.79. The third-order valence-electron chi connectivity index (χ3n) is 3.81. The lowest BCUT2D eigenvalue weighted by molar-refractivity contribution is -0.143. The smallest absolute Gasteiger partial charge is 0.319 e. The van der Waals surface area contributed by atoms with Crippen molar-refractivity contribution < 1.29 is 14.3 Å². The van der Waals surface area contributed by atoms with E-state index in [1.54, 1.807) is 6.92 Å². The van der Waals surface area contributed by atoms with Crippen LogP contribution in [0.3, 0.4) is 0 Å². The van der Waals surface area contributed by atoms with Crippen LogP contribution < -0.4 is 5.32 Å². The van der Waals surface area contributed by atoms with Crippen LogP contribution in [0.4, 0.5) is 5.69 Å². The Balaban J connectivity index is 1.43. The van der Waals surface area contributed by atoms with E-state index in [0.717, 1.165) is 26.5 Å². The number of esters is 1. The summed E-state index contributed by atoms with van der Waals surface area (Å²) < 4.78 is 6.41. The summed E-state index contributed by atoms with van der Waals surface area (Å²) in [6, 6.07) is 15.4. The fraction of sp³-hybridized carbons (Fsp3) is 0.250. The number of amides is 1. The maximum absolute atomic E-state index is 12.1. The Morgan fingerprint density at radius 3 is 2.67 bits per heavy atom. The molecule has 1 N–H and O–H groups in total. The number of aryl methyl sites for hydroxylation is 1. The van der Waals surface area contributed by atoms with Gasteiger partial charge in [-0.1, -0.05) is 29.8 Å². The van der Waals surface area contributed by atoms with E-state index in [-0.39, 0.29) is 24.2 Å². The van der Waals surface area contributed by atoms with Gasteiger partial charge >= 0.3 is 5.97 Å². The average molecular weight is 401 g/mol. The molecule has 1 atom stereocenters. The van der Waals surface area contributed by atoms with Crippen molar-refractivity contribution in [1.82, 2.24) is 4.98 Å². The van der Waals surface area contributed by atoms with Crippen molar-refractivity contribution in [2.24, 2.45) is 0 Å². The molecule has 27 heavy (non-hydrogen) atoms. The molecule has 0 aliphatic heterocycles. The zero-order valence-electron chi connectivity index (χ0n) is 15.1. The number of carbonyl (C=O) groups excluding carboxylic acids is 2.